The van der Waals surface area contributed by atoms with E-state index in [0.29, 0.717) is 18.8 Å². The molecular formula is C14H18N4O2. The summed E-state index contributed by atoms with van der Waals surface area (Å²) in [5.74, 6) is -0.331. The molecule has 2 heterocycles. The standard InChI is InChI=1S/C14H18N4O2/c1-3-12-6-11(14(19)20)7-13(17-12)15-5-4-10-8-16-18(2)9-10/h6-9H,3-5H2,1-2H3,(H,15,17)(H,19,20). The average molecular weight is 274 g/mol. The quantitative estimate of drug-likeness (QED) is 0.838. The smallest absolute Gasteiger partial charge is 0.335 e. The monoisotopic (exact) mass is 274 g/mol. The first-order valence-electron chi connectivity index (χ1n) is 6.54. The lowest BCUT2D eigenvalue weighted by atomic mass is 10.2. The Morgan fingerprint density at radius 2 is 2.25 bits per heavy atom. The number of hydrogen-bond acceptors (Lipinski definition) is 4. The summed E-state index contributed by atoms with van der Waals surface area (Å²) < 4.78 is 1.76. The van der Waals surface area contributed by atoms with Crippen molar-refractivity contribution in [2.75, 3.05) is 11.9 Å². The molecule has 0 spiro atoms. The van der Waals surface area contributed by atoms with Crippen molar-refractivity contribution in [3.05, 3.63) is 41.3 Å². The Labute approximate surface area is 117 Å². The molecule has 0 unspecified atom stereocenters. The number of anilines is 1. The second-order valence-corrected chi connectivity index (χ2v) is 4.59. The second kappa shape index (κ2) is 6.18. The van der Waals surface area contributed by atoms with E-state index in [0.717, 1.165) is 17.7 Å². The number of rotatable bonds is 6. The summed E-state index contributed by atoms with van der Waals surface area (Å²) in [6.07, 6.45) is 5.30. The minimum Gasteiger partial charge on any atom is -0.478 e. The molecule has 0 fully saturated rings. The topological polar surface area (TPSA) is 80.0 Å². The molecular weight excluding hydrogens is 256 g/mol. The molecule has 0 saturated heterocycles. The zero-order chi connectivity index (χ0) is 14.5. The first kappa shape index (κ1) is 14.0. The van der Waals surface area contributed by atoms with Gasteiger partial charge in [0.2, 0.25) is 0 Å². The number of aryl methyl sites for hydroxylation is 2. The number of carbonyl (C=O) groups is 1. The zero-order valence-corrected chi connectivity index (χ0v) is 11.6. The summed E-state index contributed by atoms with van der Waals surface area (Å²) in [6.45, 7) is 2.64. The van der Waals surface area contributed by atoms with Crippen LogP contribution in [0.5, 0.6) is 0 Å². The van der Waals surface area contributed by atoms with Gasteiger partial charge in [-0.25, -0.2) is 9.78 Å². The van der Waals surface area contributed by atoms with Gasteiger partial charge >= 0.3 is 5.97 Å². The van der Waals surface area contributed by atoms with E-state index in [2.05, 4.69) is 15.4 Å². The highest BCUT2D eigenvalue weighted by Crippen LogP contribution is 2.11. The number of nitrogens with one attached hydrogen (secondary N) is 1. The van der Waals surface area contributed by atoms with E-state index in [4.69, 9.17) is 5.11 Å². The fraction of sp³-hybridized carbons (Fsp3) is 0.357. The molecule has 2 aromatic rings. The van der Waals surface area contributed by atoms with E-state index in [1.54, 1.807) is 16.8 Å². The predicted molar refractivity (Wildman–Crippen MR) is 76.0 cm³/mol. The van der Waals surface area contributed by atoms with Crippen molar-refractivity contribution in [1.82, 2.24) is 14.8 Å². The first-order chi connectivity index (χ1) is 9.58. The molecule has 6 nitrogen and oxygen atoms in total. The third-order valence-electron chi connectivity index (χ3n) is 2.97. The number of aromatic nitrogens is 3. The minimum atomic E-state index is -0.933. The molecule has 0 atom stereocenters. The number of aromatic carboxylic acids is 1. The Morgan fingerprint density at radius 1 is 1.45 bits per heavy atom. The zero-order valence-electron chi connectivity index (χ0n) is 11.6. The van der Waals surface area contributed by atoms with E-state index in [-0.39, 0.29) is 5.56 Å². The molecule has 106 valence electrons. The molecule has 0 radical (unpaired) electrons. The number of carboxylic acids is 1. The molecule has 20 heavy (non-hydrogen) atoms. The van der Waals surface area contributed by atoms with Crippen LogP contribution in [0, 0.1) is 0 Å². The highest BCUT2D eigenvalue weighted by atomic mass is 16.4. The lowest BCUT2D eigenvalue weighted by Crippen LogP contribution is -2.09. The third kappa shape index (κ3) is 3.57. The van der Waals surface area contributed by atoms with E-state index in [1.807, 2.05) is 26.4 Å². The summed E-state index contributed by atoms with van der Waals surface area (Å²) in [7, 11) is 1.88. The van der Waals surface area contributed by atoms with Gasteiger partial charge in [-0.2, -0.15) is 5.10 Å². The van der Waals surface area contributed by atoms with Gasteiger partial charge in [0.05, 0.1) is 11.8 Å². The van der Waals surface area contributed by atoms with E-state index < -0.39 is 5.97 Å². The van der Waals surface area contributed by atoms with Crippen molar-refractivity contribution < 1.29 is 9.90 Å². The highest BCUT2D eigenvalue weighted by molar-refractivity contribution is 5.88. The summed E-state index contributed by atoms with van der Waals surface area (Å²) in [4.78, 5) is 15.4. The van der Waals surface area contributed by atoms with Crippen LogP contribution in [0.4, 0.5) is 5.82 Å². The van der Waals surface area contributed by atoms with Gasteiger partial charge in [0.25, 0.3) is 0 Å². The molecule has 0 aliphatic heterocycles. The normalized spacial score (nSPS) is 10.5. The fourth-order valence-electron chi connectivity index (χ4n) is 1.92. The number of pyridine rings is 1. The number of nitrogens with zero attached hydrogens (tertiary/aromatic N) is 3. The maximum Gasteiger partial charge on any atom is 0.335 e. The van der Waals surface area contributed by atoms with E-state index in [9.17, 15) is 4.79 Å². The summed E-state index contributed by atoms with van der Waals surface area (Å²) in [5.41, 5.74) is 2.17. The van der Waals surface area contributed by atoms with Gasteiger partial charge in [-0.1, -0.05) is 6.92 Å². The van der Waals surface area contributed by atoms with Crippen molar-refractivity contribution in [1.29, 1.82) is 0 Å². The predicted octanol–water partition coefficient (Wildman–Crippen LogP) is 1.73. The lowest BCUT2D eigenvalue weighted by Gasteiger charge is -2.08. The summed E-state index contributed by atoms with van der Waals surface area (Å²) in [6, 6.07) is 3.17. The van der Waals surface area contributed by atoms with Crippen molar-refractivity contribution in [3.8, 4) is 0 Å². The van der Waals surface area contributed by atoms with Crippen LogP contribution in [0.2, 0.25) is 0 Å². The van der Waals surface area contributed by atoms with Gasteiger partial charge in [0, 0.05) is 25.5 Å². The molecule has 0 saturated carbocycles. The largest absolute Gasteiger partial charge is 0.478 e. The van der Waals surface area contributed by atoms with Crippen molar-refractivity contribution in [2.45, 2.75) is 19.8 Å². The summed E-state index contributed by atoms with van der Waals surface area (Å²) in [5, 5.41) is 16.3. The number of carboxylic acid groups (broad SMARTS) is 1. The molecule has 0 aliphatic carbocycles. The molecule has 2 rings (SSSR count). The van der Waals surface area contributed by atoms with Crippen molar-refractivity contribution >= 4 is 11.8 Å². The second-order valence-electron chi connectivity index (χ2n) is 4.59. The van der Waals surface area contributed by atoms with Crippen LogP contribution in [-0.2, 0) is 19.9 Å². The Hall–Kier alpha value is -2.37. The highest BCUT2D eigenvalue weighted by Gasteiger charge is 2.07. The van der Waals surface area contributed by atoms with Crippen LogP contribution >= 0.6 is 0 Å². The lowest BCUT2D eigenvalue weighted by molar-refractivity contribution is 0.0696. The Morgan fingerprint density at radius 3 is 2.85 bits per heavy atom. The molecule has 0 aromatic carbocycles. The molecule has 0 amide bonds. The van der Waals surface area contributed by atoms with Gasteiger partial charge in [0.1, 0.15) is 5.82 Å². The van der Waals surface area contributed by atoms with Crippen LogP contribution in [0.15, 0.2) is 24.5 Å². The van der Waals surface area contributed by atoms with Gasteiger partial charge in [-0.3, -0.25) is 4.68 Å². The fourth-order valence-corrected chi connectivity index (χ4v) is 1.92. The molecule has 0 bridgehead atoms. The maximum absolute atomic E-state index is 11.1. The Kier molecular flexibility index (Phi) is 4.34. The SMILES string of the molecule is CCc1cc(C(=O)O)cc(NCCc2cnn(C)c2)n1. The number of hydrogen-bond donors (Lipinski definition) is 2. The van der Waals surface area contributed by atoms with Crippen LogP contribution in [0.3, 0.4) is 0 Å². The molecule has 6 heteroatoms. The molecule has 2 N–H and O–H groups in total. The minimum absolute atomic E-state index is 0.265. The van der Waals surface area contributed by atoms with Crippen molar-refractivity contribution in [3.63, 3.8) is 0 Å². The van der Waals surface area contributed by atoms with Crippen LogP contribution in [0.25, 0.3) is 0 Å². The van der Waals surface area contributed by atoms with Crippen LogP contribution in [-0.4, -0.2) is 32.4 Å². The Bertz CT molecular complexity index is 607. The Balaban J connectivity index is 2.01. The third-order valence-corrected chi connectivity index (χ3v) is 2.97. The molecule has 0 aliphatic rings. The van der Waals surface area contributed by atoms with Crippen LogP contribution < -0.4 is 5.32 Å². The van der Waals surface area contributed by atoms with Gasteiger partial charge in [0.15, 0.2) is 0 Å². The van der Waals surface area contributed by atoms with Crippen molar-refractivity contribution in [2.24, 2.45) is 7.05 Å². The van der Waals surface area contributed by atoms with Gasteiger partial charge < -0.3 is 10.4 Å². The van der Waals surface area contributed by atoms with Gasteiger partial charge in [-0.15, -0.1) is 0 Å². The van der Waals surface area contributed by atoms with E-state index >= 15 is 0 Å². The van der Waals surface area contributed by atoms with Gasteiger partial charge in [-0.05, 0) is 30.5 Å². The molecule has 2 aromatic heterocycles. The van der Waals surface area contributed by atoms with E-state index in [1.165, 1.54) is 0 Å². The van der Waals surface area contributed by atoms with Crippen LogP contribution in [0.1, 0.15) is 28.5 Å². The first-order valence-corrected chi connectivity index (χ1v) is 6.54. The summed E-state index contributed by atoms with van der Waals surface area (Å²) >= 11 is 0. The average Bonchev–Trinajstić information content (AvgIpc) is 2.84. The maximum atomic E-state index is 11.1.